The highest BCUT2D eigenvalue weighted by Crippen LogP contribution is 2.30. The van der Waals surface area contributed by atoms with Gasteiger partial charge in [0.25, 0.3) is 5.91 Å². The van der Waals surface area contributed by atoms with Crippen LogP contribution in [0.5, 0.6) is 0 Å². The summed E-state index contributed by atoms with van der Waals surface area (Å²) in [6.07, 6.45) is 1.26. The maximum atomic E-state index is 13.0. The fraction of sp³-hybridized carbons (Fsp3) is 0.217. The summed E-state index contributed by atoms with van der Waals surface area (Å²) >= 11 is 1.50. The Hall–Kier alpha value is -3.60. The van der Waals surface area contributed by atoms with Crippen LogP contribution >= 0.6 is 11.8 Å². The Bertz CT molecular complexity index is 1290. The van der Waals surface area contributed by atoms with Gasteiger partial charge in [-0.25, -0.2) is 14.6 Å². The number of halogens is 3. The Morgan fingerprint density at radius 2 is 1.79 bits per heavy atom. The molecule has 11 heteroatoms. The number of amides is 1. The predicted molar refractivity (Wildman–Crippen MR) is 122 cm³/mol. The van der Waals surface area contributed by atoms with Gasteiger partial charge >= 0.3 is 6.18 Å². The van der Waals surface area contributed by atoms with Crippen LogP contribution in [0.2, 0.25) is 0 Å². The minimum atomic E-state index is -4.48. The quantitative estimate of drug-likeness (QED) is 0.387. The molecular formula is C23H21F3N6OS. The van der Waals surface area contributed by atoms with Gasteiger partial charge in [-0.3, -0.25) is 4.79 Å². The van der Waals surface area contributed by atoms with Gasteiger partial charge in [0, 0.05) is 36.2 Å². The molecule has 3 heterocycles. The molecule has 1 amide bonds. The smallest absolute Gasteiger partial charge is 0.329 e. The average Bonchev–Trinajstić information content (AvgIpc) is 3.41. The number of pyridine rings is 1. The van der Waals surface area contributed by atoms with E-state index in [1.54, 1.807) is 18.3 Å². The van der Waals surface area contributed by atoms with E-state index in [0.29, 0.717) is 16.9 Å². The number of anilines is 1. The van der Waals surface area contributed by atoms with Crippen LogP contribution in [0.4, 0.5) is 18.9 Å². The van der Waals surface area contributed by atoms with Crippen molar-refractivity contribution >= 4 is 23.4 Å². The maximum Gasteiger partial charge on any atom is 0.417 e. The van der Waals surface area contributed by atoms with Gasteiger partial charge < -0.3 is 9.88 Å². The van der Waals surface area contributed by atoms with E-state index in [2.05, 4.69) is 20.4 Å². The van der Waals surface area contributed by atoms with E-state index in [1.807, 2.05) is 43.8 Å². The molecular weight excluding hydrogens is 465 g/mol. The molecule has 0 atom stereocenters. The number of hydrogen-bond acceptors (Lipinski definition) is 5. The molecule has 7 nitrogen and oxygen atoms in total. The van der Waals surface area contributed by atoms with Crippen molar-refractivity contribution in [2.75, 3.05) is 5.32 Å². The van der Waals surface area contributed by atoms with E-state index < -0.39 is 11.7 Å². The van der Waals surface area contributed by atoms with Crippen LogP contribution < -0.4 is 5.32 Å². The summed E-state index contributed by atoms with van der Waals surface area (Å²) in [6.45, 7) is 3.75. The number of aryl methyl sites for hydroxylation is 1. The third kappa shape index (κ3) is 4.98. The second kappa shape index (κ2) is 9.34. The largest absolute Gasteiger partial charge is 0.417 e. The zero-order valence-electron chi connectivity index (χ0n) is 18.5. The predicted octanol–water partition coefficient (Wildman–Crippen LogP) is 5.55. The molecule has 176 valence electrons. The second-order valence-corrected chi connectivity index (χ2v) is 8.85. The first-order valence-corrected chi connectivity index (χ1v) is 11.1. The summed E-state index contributed by atoms with van der Waals surface area (Å²) in [5.41, 5.74) is 0.621. The Morgan fingerprint density at radius 3 is 2.35 bits per heavy atom. The number of alkyl halides is 3. The number of carbonyl (C=O) groups is 1. The molecule has 1 aromatic carbocycles. The summed E-state index contributed by atoms with van der Waals surface area (Å²) in [5, 5.41) is 7.93. The number of benzene rings is 1. The topological polar surface area (TPSA) is 77.6 Å². The Balaban J connectivity index is 1.53. The van der Waals surface area contributed by atoms with Crippen molar-refractivity contribution < 1.29 is 18.0 Å². The summed E-state index contributed by atoms with van der Waals surface area (Å²) in [5.74, 6) is -0.304. The molecule has 0 radical (unpaired) electrons. The molecule has 0 saturated carbocycles. The van der Waals surface area contributed by atoms with Crippen LogP contribution in [0.15, 0.2) is 71.2 Å². The van der Waals surface area contributed by atoms with Gasteiger partial charge in [-0.15, -0.1) is 0 Å². The molecule has 0 aliphatic heterocycles. The van der Waals surface area contributed by atoms with E-state index in [-0.39, 0.29) is 17.6 Å². The lowest BCUT2D eigenvalue weighted by Gasteiger charge is -2.13. The Labute approximate surface area is 198 Å². The monoisotopic (exact) mass is 486 g/mol. The highest BCUT2D eigenvalue weighted by molar-refractivity contribution is 7.99. The van der Waals surface area contributed by atoms with Crippen LogP contribution in [0, 0.1) is 0 Å². The van der Waals surface area contributed by atoms with Crippen LogP contribution in [-0.4, -0.2) is 30.2 Å². The van der Waals surface area contributed by atoms with Crippen LogP contribution in [0.1, 0.15) is 41.4 Å². The highest BCUT2D eigenvalue weighted by Gasteiger charge is 2.31. The minimum absolute atomic E-state index is 0.135. The molecule has 0 aliphatic carbocycles. The molecule has 0 aliphatic rings. The lowest BCUT2D eigenvalue weighted by atomic mass is 10.1. The zero-order chi connectivity index (χ0) is 24.5. The molecule has 34 heavy (non-hydrogen) atoms. The van der Waals surface area contributed by atoms with Gasteiger partial charge in [0.15, 0.2) is 11.0 Å². The number of hydrogen-bond donors (Lipinski definition) is 1. The number of rotatable bonds is 6. The number of aromatic nitrogens is 5. The fourth-order valence-corrected chi connectivity index (χ4v) is 4.11. The molecule has 0 spiro atoms. The van der Waals surface area contributed by atoms with Crippen molar-refractivity contribution in [1.29, 1.82) is 0 Å². The molecule has 0 fully saturated rings. The molecule has 0 bridgehead atoms. The average molecular weight is 487 g/mol. The minimum Gasteiger partial charge on any atom is -0.329 e. The first-order chi connectivity index (χ1) is 16.1. The van der Waals surface area contributed by atoms with Crippen LogP contribution in [-0.2, 0) is 13.2 Å². The number of carbonyl (C=O) groups excluding carboxylic acids is 1. The van der Waals surface area contributed by atoms with Crippen LogP contribution in [0.25, 0.3) is 5.82 Å². The van der Waals surface area contributed by atoms with Gasteiger partial charge in [0.05, 0.1) is 23.0 Å². The summed E-state index contributed by atoms with van der Waals surface area (Å²) in [4.78, 5) is 22.2. The van der Waals surface area contributed by atoms with Gasteiger partial charge in [0.1, 0.15) is 0 Å². The SMILES string of the molecule is CC(C)c1c(C(=O)Nc2ccc(Sc3nccn3C)cc2)cnn1-c1ccc(C(F)(F)F)cn1. The molecule has 0 unspecified atom stereocenters. The van der Waals surface area contributed by atoms with Gasteiger partial charge in [0.2, 0.25) is 0 Å². The molecule has 0 saturated heterocycles. The maximum absolute atomic E-state index is 13.0. The second-order valence-electron chi connectivity index (χ2n) is 7.81. The zero-order valence-corrected chi connectivity index (χ0v) is 19.4. The lowest BCUT2D eigenvalue weighted by Crippen LogP contribution is -2.16. The van der Waals surface area contributed by atoms with E-state index in [0.717, 1.165) is 22.3 Å². The van der Waals surface area contributed by atoms with Crippen molar-refractivity contribution in [3.05, 3.63) is 78.0 Å². The van der Waals surface area contributed by atoms with Crippen molar-refractivity contribution in [3.63, 3.8) is 0 Å². The number of imidazole rings is 1. The normalized spacial score (nSPS) is 11.7. The molecule has 3 aromatic heterocycles. The molecule has 1 N–H and O–H groups in total. The third-order valence-corrected chi connectivity index (χ3v) is 6.07. The lowest BCUT2D eigenvalue weighted by molar-refractivity contribution is -0.137. The van der Waals surface area contributed by atoms with Gasteiger partial charge in [-0.1, -0.05) is 25.6 Å². The summed E-state index contributed by atoms with van der Waals surface area (Å²) in [7, 11) is 1.91. The first-order valence-electron chi connectivity index (χ1n) is 10.3. The van der Waals surface area contributed by atoms with E-state index in [9.17, 15) is 18.0 Å². The van der Waals surface area contributed by atoms with Gasteiger partial charge in [-0.05, 0) is 42.3 Å². The fourth-order valence-electron chi connectivity index (χ4n) is 3.31. The van der Waals surface area contributed by atoms with Crippen molar-refractivity contribution in [3.8, 4) is 5.82 Å². The van der Waals surface area contributed by atoms with E-state index >= 15 is 0 Å². The summed E-state index contributed by atoms with van der Waals surface area (Å²) in [6, 6.07) is 9.53. The van der Waals surface area contributed by atoms with Gasteiger partial charge in [-0.2, -0.15) is 18.3 Å². The first kappa shape index (κ1) is 23.6. The highest BCUT2D eigenvalue weighted by atomic mass is 32.2. The van der Waals surface area contributed by atoms with Crippen LogP contribution in [0.3, 0.4) is 0 Å². The summed E-state index contributed by atoms with van der Waals surface area (Å²) < 4.78 is 41.9. The van der Waals surface area contributed by atoms with E-state index in [4.69, 9.17) is 0 Å². The number of nitrogens with zero attached hydrogens (tertiary/aromatic N) is 5. The van der Waals surface area contributed by atoms with Crippen molar-refractivity contribution in [2.45, 2.75) is 36.0 Å². The van der Waals surface area contributed by atoms with Crippen molar-refractivity contribution in [1.82, 2.24) is 24.3 Å². The standard InChI is InChI=1S/C23H21F3N6OS/c1-14(2)20-18(13-29-32(20)19-9-4-15(12-28-19)23(24,25)26)21(33)30-16-5-7-17(8-6-16)34-22-27-10-11-31(22)3/h4-14H,1-3H3,(H,30,33). The van der Waals surface area contributed by atoms with E-state index in [1.165, 1.54) is 28.7 Å². The third-order valence-electron chi connectivity index (χ3n) is 4.99. The number of nitrogens with one attached hydrogen (secondary N) is 1. The Morgan fingerprint density at radius 1 is 1.06 bits per heavy atom. The Kier molecular flexibility index (Phi) is 6.47. The molecule has 4 rings (SSSR count). The van der Waals surface area contributed by atoms with Crippen molar-refractivity contribution in [2.24, 2.45) is 7.05 Å². The molecule has 4 aromatic rings.